The molecule has 1 saturated heterocycles. The minimum Gasteiger partial charge on any atom is -0.378 e. The van der Waals surface area contributed by atoms with Gasteiger partial charge in [0.15, 0.2) is 0 Å². The molecule has 1 heterocycles. The van der Waals surface area contributed by atoms with Gasteiger partial charge in [0.05, 0.1) is 13.2 Å². The van der Waals surface area contributed by atoms with E-state index in [9.17, 15) is 13.2 Å². The number of benzene rings is 1. The van der Waals surface area contributed by atoms with E-state index in [2.05, 4.69) is 0 Å². The molecular formula is C12H14F3NO. The molecule has 0 bridgehead atoms. The van der Waals surface area contributed by atoms with E-state index in [1.54, 1.807) is 0 Å². The standard InChI is InChI=1S/C12H14F3NO/c13-12(14,15)11-9-17-7-6-16(11)8-10-4-2-1-3-5-10/h1-5,11H,6-9H2/t11-/m1/s1. The van der Waals surface area contributed by atoms with Crippen LogP contribution in [0, 0.1) is 0 Å². The van der Waals surface area contributed by atoms with Crippen LogP contribution in [0.4, 0.5) is 13.2 Å². The van der Waals surface area contributed by atoms with Gasteiger partial charge in [0.1, 0.15) is 6.04 Å². The van der Waals surface area contributed by atoms with E-state index >= 15 is 0 Å². The van der Waals surface area contributed by atoms with Gasteiger partial charge in [0, 0.05) is 13.1 Å². The molecule has 1 atom stereocenters. The van der Waals surface area contributed by atoms with Gasteiger partial charge in [-0.05, 0) is 5.56 Å². The zero-order valence-corrected chi connectivity index (χ0v) is 9.28. The van der Waals surface area contributed by atoms with Crippen molar-refractivity contribution >= 4 is 0 Å². The smallest absolute Gasteiger partial charge is 0.378 e. The summed E-state index contributed by atoms with van der Waals surface area (Å²) in [6.07, 6.45) is -4.23. The molecule has 0 amide bonds. The van der Waals surface area contributed by atoms with Crippen LogP contribution >= 0.6 is 0 Å². The number of hydrogen-bond donors (Lipinski definition) is 0. The van der Waals surface area contributed by atoms with Crippen LogP contribution in [0.25, 0.3) is 0 Å². The Bertz CT molecular complexity index is 353. The van der Waals surface area contributed by atoms with Gasteiger partial charge < -0.3 is 4.74 Å². The average Bonchev–Trinajstić information content (AvgIpc) is 2.30. The fraction of sp³-hybridized carbons (Fsp3) is 0.500. The number of nitrogens with zero attached hydrogens (tertiary/aromatic N) is 1. The predicted octanol–water partition coefficient (Wildman–Crippen LogP) is 2.45. The normalized spacial score (nSPS) is 22.6. The maximum absolute atomic E-state index is 12.8. The number of halogens is 3. The lowest BCUT2D eigenvalue weighted by molar-refractivity contribution is -0.213. The van der Waals surface area contributed by atoms with Crippen molar-refractivity contribution in [2.45, 2.75) is 18.8 Å². The van der Waals surface area contributed by atoms with Crippen LogP contribution in [0.15, 0.2) is 30.3 Å². The summed E-state index contributed by atoms with van der Waals surface area (Å²) in [4.78, 5) is 1.43. The molecule has 94 valence electrons. The number of morpholine rings is 1. The summed E-state index contributed by atoms with van der Waals surface area (Å²) in [6, 6.07) is 7.70. The molecule has 1 aromatic rings. The second kappa shape index (κ2) is 5.06. The largest absolute Gasteiger partial charge is 0.406 e. The lowest BCUT2D eigenvalue weighted by atomic mass is 10.1. The first kappa shape index (κ1) is 12.4. The first-order chi connectivity index (χ1) is 8.07. The van der Waals surface area contributed by atoms with E-state index < -0.39 is 12.2 Å². The van der Waals surface area contributed by atoms with Gasteiger partial charge in [-0.1, -0.05) is 30.3 Å². The molecule has 2 nitrogen and oxygen atoms in total. The summed E-state index contributed by atoms with van der Waals surface area (Å²) in [5.41, 5.74) is 0.892. The van der Waals surface area contributed by atoms with Crippen molar-refractivity contribution in [2.75, 3.05) is 19.8 Å². The Morgan fingerprint density at radius 2 is 1.94 bits per heavy atom. The summed E-state index contributed by atoms with van der Waals surface area (Å²) in [6.45, 7) is 0.725. The number of ether oxygens (including phenoxy) is 1. The maximum Gasteiger partial charge on any atom is 0.406 e. The Morgan fingerprint density at radius 1 is 1.24 bits per heavy atom. The first-order valence-electron chi connectivity index (χ1n) is 5.50. The molecular weight excluding hydrogens is 231 g/mol. The Hall–Kier alpha value is -1.07. The van der Waals surface area contributed by atoms with E-state index in [4.69, 9.17) is 4.74 Å². The molecule has 1 aliphatic heterocycles. The predicted molar refractivity (Wildman–Crippen MR) is 57.5 cm³/mol. The SMILES string of the molecule is FC(F)(F)[C@H]1COCCN1Cc1ccccc1. The second-order valence-corrected chi connectivity index (χ2v) is 4.09. The highest BCUT2D eigenvalue weighted by molar-refractivity contribution is 5.14. The third kappa shape index (κ3) is 3.20. The van der Waals surface area contributed by atoms with Crippen molar-refractivity contribution in [1.82, 2.24) is 4.90 Å². The molecule has 0 N–H and O–H groups in total. The van der Waals surface area contributed by atoms with Crippen molar-refractivity contribution in [2.24, 2.45) is 0 Å². The minimum atomic E-state index is -4.23. The molecule has 0 aliphatic carbocycles. The Labute approximate surface area is 98.0 Å². The molecule has 17 heavy (non-hydrogen) atoms. The highest BCUT2D eigenvalue weighted by Gasteiger charge is 2.45. The Morgan fingerprint density at radius 3 is 2.59 bits per heavy atom. The van der Waals surface area contributed by atoms with Crippen molar-refractivity contribution in [3.63, 3.8) is 0 Å². The average molecular weight is 245 g/mol. The summed E-state index contributed by atoms with van der Waals surface area (Å²) >= 11 is 0. The molecule has 0 radical (unpaired) electrons. The van der Waals surface area contributed by atoms with Crippen LogP contribution in [-0.2, 0) is 11.3 Å². The number of rotatable bonds is 2. The summed E-state index contributed by atoms with van der Waals surface area (Å²) in [5, 5.41) is 0. The van der Waals surface area contributed by atoms with E-state index in [-0.39, 0.29) is 6.61 Å². The van der Waals surface area contributed by atoms with Crippen molar-refractivity contribution in [3.8, 4) is 0 Å². The van der Waals surface area contributed by atoms with Crippen LogP contribution in [0.1, 0.15) is 5.56 Å². The number of hydrogen-bond acceptors (Lipinski definition) is 2. The maximum atomic E-state index is 12.8. The van der Waals surface area contributed by atoms with E-state index in [1.807, 2.05) is 30.3 Å². The zero-order chi connectivity index (χ0) is 12.3. The fourth-order valence-electron chi connectivity index (χ4n) is 1.95. The molecule has 0 aromatic heterocycles. The third-order valence-corrected chi connectivity index (χ3v) is 2.85. The van der Waals surface area contributed by atoms with Crippen LogP contribution in [0.5, 0.6) is 0 Å². The quantitative estimate of drug-likeness (QED) is 0.793. The summed E-state index contributed by atoms with van der Waals surface area (Å²) in [5.74, 6) is 0. The molecule has 0 spiro atoms. The van der Waals surface area contributed by atoms with Crippen LogP contribution in [0.2, 0.25) is 0 Å². The Kier molecular flexibility index (Phi) is 3.69. The fourth-order valence-corrected chi connectivity index (χ4v) is 1.95. The Balaban J connectivity index is 2.07. The van der Waals surface area contributed by atoms with Gasteiger partial charge in [-0.15, -0.1) is 0 Å². The van der Waals surface area contributed by atoms with Crippen LogP contribution in [-0.4, -0.2) is 36.9 Å². The molecule has 1 aliphatic rings. The van der Waals surface area contributed by atoms with Crippen molar-refractivity contribution in [1.29, 1.82) is 0 Å². The topological polar surface area (TPSA) is 12.5 Å². The van der Waals surface area contributed by atoms with Gasteiger partial charge in [-0.2, -0.15) is 13.2 Å². The monoisotopic (exact) mass is 245 g/mol. The van der Waals surface area contributed by atoms with E-state index in [0.29, 0.717) is 19.7 Å². The first-order valence-corrected chi connectivity index (χ1v) is 5.50. The third-order valence-electron chi connectivity index (χ3n) is 2.85. The molecule has 1 fully saturated rings. The molecule has 5 heteroatoms. The van der Waals surface area contributed by atoms with Gasteiger partial charge in [0.25, 0.3) is 0 Å². The van der Waals surface area contributed by atoms with Gasteiger partial charge in [-0.25, -0.2) is 0 Å². The van der Waals surface area contributed by atoms with Gasteiger partial charge in [-0.3, -0.25) is 4.90 Å². The van der Waals surface area contributed by atoms with Gasteiger partial charge >= 0.3 is 6.18 Å². The lowest BCUT2D eigenvalue weighted by Crippen LogP contribution is -2.52. The molecule has 2 rings (SSSR count). The number of alkyl halides is 3. The van der Waals surface area contributed by atoms with E-state index in [1.165, 1.54) is 4.90 Å². The minimum absolute atomic E-state index is 0.268. The van der Waals surface area contributed by atoms with E-state index in [0.717, 1.165) is 5.56 Å². The molecule has 1 aromatic carbocycles. The summed E-state index contributed by atoms with van der Waals surface area (Å²) in [7, 11) is 0. The highest BCUT2D eigenvalue weighted by atomic mass is 19.4. The lowest BCUT2D eigenvalue weighted by Gasteiger charge is -2.36. The molecule has 0 unspecified atom stereocenters. The zero-order valence-electron chi connectivity index (χ0n) is 9.28. The summed E-state index contributed by atoms with van der Waals surface area (Å²) < 4.78 is 43.2. The van der Waals surface area contributed by atoms with Crippen molar-refractivity contribution < 1.29 is 17.9 Å². The highest BCUT2D eigenvalue weighted by Crippen LogP contribution is 2.28. The van der Waals surface area contributed by atoms with Crippen LogP contribution in [0.3, 0.4) is 0 Å². The van der Waals surface area contributed by atoms with Crippen LogP contribution < -0.4 is 0 Å². The molecule has 0 saturated carbocycles. The second-order valence-electron chi connectivity index (χ2n) is 4.09. The van der Waals surface area contributed by atoms with Gasteiger partial charge in [0.2, 0.25) is 0 Å². The van der Waals surface area contributed by atoms with Crippen molar-refractivity contribution in [3.05, 3.63) is 35.9 Å².